The predicted octanol–water partition coefficient (Wildman–Crippen LogP) is -0.267. The Hall–Kier alpha value is -1.86. The Balaban J connectivity index is 1.83. The van der Waals surface area contributed by atoms with Gasteiger partial charge in [-0.25, -0.2) is 0 Å². The van der Waals surface area contributed by atoms with Crippen molar-refractivity contribution in [2.75, 3.05) is 32.8 Å². The van der Waals surface area contributed by atoms with Gasteiger partial charge in [-0.05, 0) is 19.1 Å². The molecule has 0 spiro atoms. The molecule has 116 valence electrons. The molecule has 1 aromatic rings. The first-order valence-electron chi connectivity index (χ1n) is 7.11. The van der Waals surface area contributed by atoms with Crippen molar-refractivity contribution in [2.24, 2.45) is 0 Å². The molecule has 0 aliphatic carbocycles. The maximum Gasteiger partial charge on any atom is 0.324 e. The van der Waals surface area contributed by atoms with E-state index in [1.54, 1.807) is 25.3 Å². The van der Waals surface area contributed by atoms with Crippen LogP contribution in [0.25, 0.3) is 0 Å². The van der Waals surface area contributed by atoms with Crippen molar-refractivity contribution in [2.45, 2.75) is 19.5 Å². The summed E-state index contributed by atoms with van der Waals surface area (Å²) in [6.45, 7) is 4.53. The van der Waals surface area contributed by atoms with Gasteiger partial charge in [0.2, 0.25) is 5.91 Å². The molecule has 0 radical (unpaired) electrons. The van der Waals surface area contributed by atoms with Crippen molar-refractivity contribution in [3.63, 3.8) is 0 Å². The van der Waals surface area contributed by atoms with E-state index >= 15 is 0 Å². The standard InChI is InChI=1S/C14H21N3O4/c1-2-20-14(19)12-9-15-5-6-17(12)10-13(18)16-8-11-4-3-7-21-11/h3-4,7,12,15H,2,5-6,8-10H2,1H3,(H,16,18). The molecule has 1 saturated heterocycles. The van der Waals surface area contributed by atoms with Gasteiger partial charge in [0.25, 0.3) is 0 Å². The van der Waals surface area contributed by atoms with Crippen molar-refractivity contribution >= 4 is 11.9 Å². The van der Waals surface area contributed by atoms with E-state index in [-0.39, 0.29) is 18.4 Å². The number of carbonyl (C=O) groups is 2. The summed E-state index contributed by atoms with van der Waals surface area (Å²) in [5.41, 5.74) is 0. The van der Waals surface area contributed by atoms with E-state index in [0.29, 0.717) is 32.0 Å². The van der Waals surface area contributed by atoms with Gasteiger partial charge >= 0.3 is 5.97 Å². The van der Waals surface area contributed by atoms with E-state index in [0.717, 1.165) is 6.54 Å². The molecule has 0 aromatic carbocycles. The summed E-state index contributed by atoms with van der Waals surface area (Å²) in [6, 6.07) is 3.16. The Kier molecular flexibility index (Phi) is 5.77. The zero-order chi connectivity index (χ0) is 15.1. The highest BCUT2D eigenvalue weighted by Crippen LogP contribution is 2.05. The monoisotopic (exact) mass is 295 g/mol. The third kappa shape index (κ3) is 4.57. The zero-order valence-corrected chi connectivity index (χ0v) is 12.1. The number of furan rings is 1. The molecule has 21 heavy (non-hydrogen) atoms. The smallest absolute Gasteiger partial charge is 0.324 e. The van der Waals surface area contributed by atoms with Gasteiger partial charge in [-0.3, -0.25) is 14.5 Å². The van der Waals surface area contributed by atoms with Crippen LogP contribution in [-0.4, -0.2) is 55.6 Å². The first kappa shape index (κ1) is 15.5. The minimum atomic E-state index is -0.409. The molecule has 1 unspecified atom stereocenters. The second-order valence-corrected chi connectivity index (χ2v) is 4.80. The van der Waals surface area contributed by atoms with Gasteiger partial charge in [-0.1, -0.05) is 0 Å². The van der Waals surface area contributed by atoms with Gasteiger partial charge in [0.15, 0.2) is 0 Å². The topological polar surface area (TPSA) is 83.8 Å². The number of esters is 1. The van der Waals surface area contributed by atoms with E-state index in [1.807, 2.05) is 4.90 Å². The molecular formula is C14H21N3O4. The molecule has 1 atom stereocenters. The lowest BCUT2D eigenvalue weighted by molar-refractivity contribution is -0.150. The predicted molar refractivity (Wildman–Crippen MR) is 75.4 cm³/mol. The normalized spacial score (nSPS) is 19.2. The zero-order valence-electron chi connectivity index (χ0n) is 12.1. The lowest BCUT2D eigenvalue weighted by Crippen LogP contribution is -2.57. The quantitative estimate of drug-likeness (QED) is 0.703. The van der Waals surface area contributed by atoms with Gasteiger partial charge < -0.3 is 19.8 Å². The number of nitrogens with zero attached hydrogens (tertiary/aromatic N) is 1. The van der Waals surface area contributed by atoms with Gasteiger partial charge in [-0.15, -0.1) is 0 Å². The van der Waals surface area contributed by atoms with Gasteiger partial charge in [0.05, 0.1) is 26.0 Å². The van der Waals surface area contributed by atoms with Gasteiger partial charge in [0, 0.05) is 19.6 Å². The molecule has 1 amide bonds. The average molecular weight is 295 g/mol. The van der Waals surface area contributed by atoms with Crippen LogP contribution >= 0.6 is 0 Å². The fourth-order valence-electron chi connectivity index (χ4n) is 2.25. The number of ether oxygens (including phenoxy) is 1. The third-order valence-electron chi connectivity index (χ3n) is 3.30. The summed E-state index contributed by atoms with van der Waals surface area (Å²) in [5, 5.41) is 5.92. The molecule has 1 fully saturated rings. The van der Waals surface area contributed by atoms with Crippen LogP contribution in [0.5, 0.6) is 0 Å². The SMILES string of the molecule is CCOC(=O)C1CNCCN1CC(=O)NCc1ccco1. The van der Waals surface area contributed by atoms with Crippen molar-refractivity contribution in [3.8, 4) is 0 Å². The number of hydrogen-bond acceptors (Lipinski definition) is 6. The Labute approximate surface area is 123 Å². The van der Waals surface area contributed by atoms with Crippen molar-refractivity contribution < 1.29 is 18.7 Å². The Bertz CT molecular complexity index is 461. The maximum atomic E-state index is 12.0. The van der Waals surface area contributed by atoms with Crippen molar-refractivity contribution in [3.05, 3.63) is 24.2 Å². The second kappa shape index (κ2) is 7.80. The molecular weight excluding hydrogens is 274 g/mol. The molecule has 1 aliphatic rings. The maximum absolute atomic E-state index is 12.0. The van der Waals surface area contributed by atoms with Crippen LogP contribution in [0.1, 0.15) is 12.7 Å². The Morgan fingerprint density at radius 3 is 3.14 bits per heavy atom. The molecule has 0 saturated carbocycles. The lowest BCUT2D eigenvalue weighted by Gasteiger charge is -2.33. The number of amides is 1. The summed E-state index contributed by atoms with van der Waals surface area (Å²) < 4.78 is 10.2. The highest BCUT2D eigenvalue weighted by molar-refractivity contribution is 5.80. The largest absolute Gasteiger partial charge is 0.467 e. The summed E-state index contributed by atoms with van der Waals surface area (Å²) in [7, 11) is 0. The highest BCUT2D eigenvalue weighted by Gasteiger charge is 2.30. The third-order valence-corrected chi connectivity index (χ3v) is 3.30. The molecule has 2 N–H and O–H groups in total. The summed E-state index contributed by atoms with van der Waals surface area (Å²) in [4.78, 5) is 25.7. The summed E-state index contributed by atoms with van der Waals surface area (Å²) in [6.07, 6.45) is 1.56. The van der Waals surface area contributed by atoms with Crippen LogP contribution in [0.3, 0.4) is 0 Å². The molecule has 1 aliphatic heterocycles. The minimum Gasteiger partial charge on any atom is -0.467 e. The summed E-state index contributed by atoms with van der Waals surface area (Å²) >= 11 is 0. The molecule has 0 bridgehead atoms. The minimum absolute atomic E-state index is 0.136. The fourth-order valence-corrected chi connectivity index (χ4v) is 2.25. The Morgan fingerprint density at radius 1 is 1.57 bits per heavy atom. The summed E-state index contributed by atoms with van der Waals surface area (Å²) in [5.74, 6) is 0.275. The fraction of sp³-hybridized carbons (Fsp3) is 0.571. The van der Waals surface area contributed by atoms with Crippen LogP contribution in [0.2, 0.25) is 0 Å². The van der Waals surface area contributed by atoms with Crippen LogP contribution in [0, 0.1) is 0 Å². The molecule has 2 heterocycles. The van der Waals surface area contributed by atoms with E-state index in [1.165, 1.54) is 0 Å². The van der Waals surface area contributed by atoms with Crippen LogP contribution in [0.15, 0.2) is 22.8 Å². The molecule has 7 nitrogen and oxygen atoms in total. The lowest BCUT2D eigenvalue weighted by atomic mass is 10.2. The Morgan fingerprint density at radius 2 is 2.43 bits per heavy atom. The first-order valence-corrected chi connectivity index (χ1v) is 7.11. The number of nitrogens with one attached hydrogen (secondary N) is 2. The molecule has 2 rings (SSSR count). The number of carbonyl (C=O) groups excluding carboxylic acids is 2. The number of rotatable bonds is 6. The van der Waals surface area contributed by atoms with E-state index in [2.05, 4.69) is 10.6 Å². The van der Waals surface area contributed by atoms with Gasteiger partial charge in [0.1, 0.15) is 11.8 Å². The molecule has 1 aromatic heterocycles. The second-order valence-electron chi connectivity index (χ2n) is 4.80. The van der Waals surface area contributed by atoms with Crippen LogP contribution in [-0.2, 0) is 20.9 Å². The van der Waals surface area contributed by atoms with E-state index in [4.69, 9.17) is 9.15 Å². The van der Waals surface area contributed by atoms with Crippen molar-refractivity contribution in [1.29, 1.82) is 0 Å². The van der Waals surface area contributed by atoms with Crippen molar-refractivity contribution in [1.82, 2.24) is 15.5 Å². The van der Waals surface area contributed by atoms with E-state index < -0.39 is 6.04 Å². The van der Waals surface area contributed by atoms with E-state index in [9.17, 15) is 9.59 Å². The van der Waals surface area contributed by atoms with Gasteiger partial charge in [-0.2, -0.15) is 0 Å². The van der Waals surface area contributed by atoms with Crippen LogP contribution < -0.4 is 10.6 Å². The number of hydrogen-bond donors (Lipinski definition) is 2. The average Bonchev–Trinajstić information content (AvgIpc) is 2.99. The van der Waals surface area contributed by atoms with Crippen LogP contribution in [0.4, 0.5) is 0 Å². The first-order chi connectivity index (χ1) is 10.2. The number of piperazine rings is 1. The highest BCUT2D eigenvalue weighted by atomic mass is 16.5. The molecule has 7 heteroatoms.